The van der Waals surface area contributed by atoms with Crippen molar-refractivity contribution in [2.24, 2.45) is 11.8 Å². The Hall–Kier alpha value is -1.84. The molecule has 1 aromatic carbocycles. The Kier molecular flexibility index (Phi) is 6.92. The number of imide groups is 1. The van der Waals surface area contributed by atoms with Crippen molar-refractivity contribution in [1.82, 2.24) is 4.90 Å². The highest BCUT2D eigenvalue weighted by Crippen LogP contribution is 2.33. The summed E-state index contributed by atoms with van der Waals surface area (Å²) in [5, 5.41) is 0. The number of hydrogen-bond acceptors (Lipinski definition) is 3. The molecule has 0 N–H and O–H groups in total. The van der Waals surface area contributed by atoms with Crippen LogP contribution in [0.4, 0.5) is 4.79 Å². The second-order valence-electron chi connectivity index (χ2n) is 8.44. The van der Waals surface area contributed by atoms with E-state index in [0.29, 0.717) is 12.3 Å². The van der Waals surface area contributed by atoms with Crippen molar-refractivity contribution >= 4 is 12.0 Å². The second-order valence-corrected chi connectivity index (χ2v) is 8.44. The third-order valence-electron chi connectivity index (χ3n) is 6.31. The topological polar surface area (TPSA) is 46.6 Å². The first-order chi connectivity index (χ1) is 13.1. The van der Waals surface area contributed by atoms with E-state index in [4.69, 9.17) is 4.74 Å². The van der Waals surface area contributed by atoms with E-state index < -0.39 is 6.09 Å². The summed E-state index contributed by atoms with van der Waals surface area (Å²) >= 11 is 0. The zero-order chi connectivity index (χ0) is 19.2. The van der Waals surface area contributed by atoms with Crippen molar-refractivity contribution in [1.29, 1.82) is 0 Å². The van der Waals surface area contributed by atoms with Crippen LogP contribution >= 0.6 is 0 Å². The van der Waals surface area contributed by atoms with E-state index in [-0.39, 0.29) is 18.1 Å². The van der Waals surface area contributed by atoms with Crippen molar-refractivity contribution in [3.8, 4) is 0 Å². The van der Waals surface area contributed by atoms with E-state index in [2.05, 4.69) is 6.92 Å². The molecule has 4 nitrogen and oxygen atoms in total. The van der Waals surface area contributed by atoms with Gasteiger partial charge in [-0.05, 0) is 30.7 Å². The lowest BCUT2D eigenvalue weighted by Gasteiger charge is -2.23. The summed E-state index contributed by atoms with van der Waals surface area (Å²) in [7, 11) is 0. The number of nitrogens with zero attached hydrogens (tertiary/aromatic N) is 1. The first-order valence-corrected chi connectivity index (χ1v) is 10.6. The molecule has 148 valence electrons. The van der Waals surface area contributed by atoms with E-state index >= 15 is 0 Å². The molecule has 0 radical (unpaired) electrons. The van der Waals surface area contributed by atoms with Gasteiger partial charge in [0, 0.05) is 6.42 Å². The van der Waals surface area contributed by atoms with Crippen LogP contribution in [0.2, 0.25) is 0 Å². The molecule has 27 heavy (non-hydrogen) atoms. The lowest BCUT2D eigenvalue weighted by Crippen LogP contribution is -2.37. The summed E-state index contributed by atoms with van der Waals surface area (Å²) in [6.45, 7) is 4.13. The number of hydrogen-bond donors (Lipinski definition) is 0. The standard InChI is InChI=1S/C23H33NO3/c1-17(13-15-19-9-5-3-6-10-19)14-16-21(25)24-18(2)22(27-23(24)26)20-11-7-4-8-12-20/h4,7-8,11-12,17-19,22H,3,5-6,9-10,13-16H2,1-2H3/t17-,18-,22-/m1/s1. The molecule has 0 spiro atoms. The highest BCUT2D eigenvalue weighted by Gasteiger charge is 2.42. The van der Waals surface area contributed by atoms with Gasteiger partial charge in [0.15, 0.2) is 0 Å². The molecule has 2 fully saturated rings. The SMILES string of the molecule is C[C@@H](CCC(=O)N1C(=O)O[C@@H](c2ccccc2)[C@H]1C)CCC1CCCCC1. The Labute approximate surface area is 163 Å². The van der Waals surface area contributed by atoms with Crippen LogP contribution in [0.15, 0.2) is 30.3 Å². The number of carbonyl (C=O) groups excluding carboxylic acids is 2. The number of ether oxygens (including phenoxy) is 1. The molecule has 0 unspecified atom stereocenters. The van der Waals surface area contributed by atoms with Crippen LogP contribution in [0.5, 0.6) is 0 Å². The number of carbonyl (C=O) groups is 2. The molecule has 4 heteroatoms. The highest BCUT2D eigenvalue weighted by atomic mass is 16.6. The molecule has 2 amide bonds. The fraction of sp³-hybridized carbons (Fsp3) is 0.652. The summed E-state index contributed by atoms with van der Waals surface area (Å²) in [5.41, 5.74) is 0.939. The predicted octanol–water partition coefficient (Wildman–Crippen LogP) is 5.87. The molecule has 0 aromatic heterocycles. The van der Waals surface area contributed by atoms with Gasteiger partial charge in [0.2, 0.25) is 5.91 Å². The second kappa shape index (κ2) is 9.38. The average Bonchev–Trinajstić information content (AvgIpc) is 3.00. The van der Waals surface area contributed by atoms with Crippen LogP contribution in [0.3, 0.4) is 0 Å². The molecule has 1 aromatic rings. The van der Waals surface area contributed by atoms with E-state index in [9.17, 15) is 9.59 Å². The largest absolute Gasteiger partial charge is 0.439 e. The van der Waals surface area contributed by atoms with Gasteiger partial charge in [-0.3, -0.25) is 4.79 Å². The molecule has 1 heterocycles. The minimum Gasteiger partial charge on any atom is -0.439 e. The van der Waals surface area contributed by atoms with Gasteiger partial charge in [0.25, 0.3) is 0 Å². The molecular formula is C23H33NO3. The zero-order valence-corrected chi connectivity index (χ0v) is 16.7. The van der Waals surface area contributed by atoms with Crippen molar-refractivity contribution in [2.45, 2.75) is 83.8 Å². The van der Waals surface area contributed by atoms with Crippen LogP contribution in [-0.4, -0.2) is 22.9 Å². The third kappa shape index (κ3) is 5.12. The van der Waals surface area contributed by atoms with Gasteiger partial charge in [-0.25, -0.2) is 9.69 Å². The monoisotopic (exact) mass is 371 g/mol. The zero-order valence-electron chi connectivity index (χ0n) is 16.7. The van der Waals surface area contributed by atoms with E-state index in [1.165, 1.54) is 49.8 Å². The lowest BCUT2D eigenvalue weighted by molar-refractivity contribution is -0.129. The maximum Gasteiger partial charge on any atom is 0.417 e. The summed E-state index contributed by atoms with van der Waals surface area (Å²) in [6, 6.07) is 9.40. The molecular weight excluding hydrogens is 338 g/mol. The number of benzene rings is 1. The minimum atomic E-state index is -0.504. The van der Waals surface area contributed by atoms with Gasteiger partial charge in [0.1, 0.15) is 6.10 Å². The Balaban J connectivity index is 1.46. The molecule has 1 aliphatic heterocycles. The van der Waals surface area contributed by atoms with Crippen LogP contribution in [0, 0.1) is 11.8 Å². The van der Waals surface area contributed by atoms with E-state index in [0.717, 1.165) is 17.9 Å². The number of rotatable bonds is 7. The molecule has 3 atom stereocenters. The maximum absolute atomic E-state index is 12.7. The van der Waals surface area contributed by atoms with Crippen molar-refractivity contribution < 1.29 is 14.3 Å². The van der Waals surface area contributed by atoms with E-state index in [1.807, 2.05) is 37.3 Å². The normalized spacial score (nSPS) is 24.7. The van der Waals surface area contributed by atoms with Crippen molar-refractivity contribution in [2.75, 3.05) is 0 Å². The first kappa shape index (κ1) is 19.9. The van der Waals surface area contributed by atoms with Gasteiger partial charge in [-0.2, -0.15) is 0 Å². The molecule has 0 bridgehead atoms. The fourth-order valence-corrected chi connectivity index (χ4v) is 4.51. The van der Waals surface area contributed by atoms with Gasteiger partial charge in [-0.1, -0.05) is 82.2 Å². The Morgan fingerprint density at radius 1 is 1.15 bits per heavy atom. The van der Waals surface area contributed by atoms with Gasteiger partial charge in [0.05, 0.1) is 6.04 Å². The Bertz CT molecular complexity index is 624. The van der Waals surface area contributed by atoms with E-state index in [1.54, 1.807) is 0 Å². The molecule has 1 aliphatic carbocycles. The molecule has 2 aliphatic rings. The summed E-state index contributed by atoms with van der Waals surface area (Å²) in [4.78, 5) is 26.3. The predicted molar refractivity (Wildman–Crippen MR) is 106 cm³/mol. The Morgan fingerprint density at radius 3 is 2.56 bits per heavy atom. The van der Waals surface area contributed by atoms with Gasteiger partial charge in [-0.15, -0.1) is 0 Å². The van der Waals surface area contributed by atoms with Crippen molar-refractivity contribution in [3.63, 3.8) is 0 Å². The Morgan fingerprint density at radius 2 is 1.85 bits per heavy atom. The maximum atomic E-state index is 12.7. The summed E-state index contributed by atoms with van der Waals surface area (Å²) in [5.74, 6) is 1.31. The summed E-state index contributed by atoms with van der Waals surface area (Å²) in [6.07, 6.45) is 9.79. The fourth-order valence-electron chi connectivity index (χ4n) is 4.51. The summed E-state index contributed by atoms with van der Waals surface area (Å²) < 4.78 is 5.49. The van der Waals surface area contributed by atoms with Crippen LogP contribution in [-0.2, 0) is 9.53 Å². The first-order valence-electron chi connectivity index (χ1n) is 10.6. The van der Waals surface area contributed by atoms with Gasteiger partial charge >= 0.3 is 6.09 Å². The smallest absolute Gasteiger partial charge is 0.417 e. The minimum absolute atomic E-state index is 0.101. The van der Waals surface area contributed by atoms with Gasteiger partial charge < -0.3 is 4.74 Å². The van der Waals surface area contributed by atoms with Crippen molar-refractivity contribution in [3.05, 3.63) is 35.9 Å². The highest BCUT2D eigenvalue weighted by molar-refractivity contribution is 5.93. The number of cyclic esters (lactones) is 1. The third-order valence-corrected chi connectivity index (χ3v) is 6.31. The molecule has 1 saturated heterocycles. The lowest BCUT2D eigenvalue weighted by atomic mass is 9.84. The number of amides is 2. The van der Waals surface area contributed by atoms with Crippen LogP contribution in [0.1, 0.15) is 83.3 Å². The van der Waals surface area contributed by atoms with Crippen LogP contribution < -0.4 is 0 Å². The average molecular weight is 372 g/mol. The quantitative estimate of drug-likeness (QED) is 0.602. The molecule has 3 rings (SSSR count). The van der Waals surface area contributed by atoms with Crippen LogP contribution in [0.25, 0.3) is 0 Å². The molecule has 1 saturated carbocycles.